The molecule has 1 aliphatic rings. The Morgan fingerprint density at radius 2 is 2.00 bits per heavy atom. The Hall–Kier alpha value is -0.820. The van der Waals surface area contributed by atoms with Gasteiger partial charge in [0.05, 0.1) is 0 Å². The molecule has 70 valence electrons. The van der Waals surface area contributed by atoms with E-state index in [0.29, 0.717) is 6.04 Å². The molecule has 2 atom stereocenters. The molecule has 13 heavy (non-hydrogen) atoms. The molecule has 0 bridgehead atoms. The van der Waals surface area contributed by atoms with Crippen LogP contribution in [0.4, 0.5) is 0 Å². The Kier molecular flexibility index (Phi) is 2.65. The number of rotatable bonds is 1. The molecule has 0 amide bonds. The molecule has 1 N–H and O–H groups in total. The van der Waals surface area contributed by atoms with Crippen molar-refractivity contribution >= 4 is 0 Å². The van der Waals surface area contributed by atoms with Gasteiger partial charge in [0.1, 0.15) is 0 Å². The van der Waals surface area contributed by atoms with Crippen LogP contribution in [0.3, 0.4) is 0 Å². The first kappa shape index (κ1) is 8.76. The molecule has 1 aromatic rings. The van der Waals surface area contributed by atoms with Crippen molar-refractivity contribution in [1.29, 1.82) is 0 Å². The van der Waals surface area contributed by atoms with Crippen LogP contribution in [0.2, 0.25) is 0 Å². The van der Waals surface area contributed by atoms with Crippen molar-refractivity contribution in [3.05, 3.63) is 35.9 Å². The van der Waals surface area contributed by atoms with Crippen LogP contribution >= 0.6 is 0 Å². The first-order chi connectivity index (χ1) is 6.38. The largest absolute Gasteiger partial charge is 0.310 e. The van der Waals surface area contributed by atoms with Crippen LogP contribution in [0, 0.1) is 5.92 Å². The molecule has 0 saturated carbocycles. The second-order valence-electron chi connectivity index (χ2n) is 3.96. The zero-order valence-corrected chi connectivity index (χ0v) is 8.16. The Balaban J connectivity index is 2.15. The van der Waals surface area contributed by atoms with Crippen molar-refractivity contribution in [3.63, 3.8) is 0 Å². The van der Waals surface area contributed by atoms with Crippen molar-refractivity contribution in [3.8, 4) is 0 Å². The van der Waals surface area contributed by atoms with Crippen LogP contribution in [0.1, 0.15) is 31.4 Å². The maximum absolute atomic E-state index is 3.59. The molecular formula is C12H17N. The number of nitrogens with one attached hydrogen (secondary N) is 1. The van der Waals surface area contributed by atoms with Gasteiger partial charge in [-0.1, -0.05) is 37.3 Å². The minimum atomic E-state index is 0.579. The monoisotopic (exact) mass is 175 g/mol. The summed E-state index contributed by atoms with van der Waals surface area (Å²) in [6.07, 6.45) is 2.68. The number of benzene rings is 1. The van der Waals surface area contributed by atoms with Gasteiger partial charge in [-0.15, -0.1) is 0 Å². The molecule has 0 aliphatic carbocycles. The maximum atomic E-state index is 3.59. The lowest BCUT2D eigenvalue weighted by atomic mass is 9.88. The third-order valence-electron chi connectivity index (χ3n) is 2.93. The summed E-state index contributed by atoms with van der Waals surface area (Å²) in [7, 11) is 0. The predicted molar refractivity (Wildman–Crippen MR) is 55.6 cm³/mol. The van der Waals surface area contributed by atoms with E-state index in [1.807, 2.05) is 0 Å². The van der Waals surface area contributed by atoms with Crippen LogP contribution in [0.15, 0.2) is 30.3 Å². The summed E-state index contributed by atoms with van der Waals surface area (Å²) in [5.41, 5.74) is 1.44. The fraction of sp³-hybridized carbons (Fsp3) is 0.500. The normalized spacial score (nSPS) is 28.7. The summed E-state index contributed by atoms with van der Waals surface area (Å²) in [6.45, 7) is 3.51. The molecule has 1 aromatic carbocycles. The van der Waals surface area contributed by atoms with E-state index in [9.17, 15) is 0 Å². The Labute approximate surface area is 80.2 Å². The van der Waals surface area contributed by atoms with E-state index in [-0.39, 0.29) is 0 Å². The van der Waals surface area contributed by atoms with Crippen LogP contribution in [-0.4, -0.2) is 6.54 Å². The Morgan fingerprint density at radius 1 is 1.23 bits per heavy atom. The standard InChI is InChI=1S/C12H17N/c1-10-6-5-9-13-12(10)11-7-3-2-4-8-11/h2-4,7-8,10,12-13H,5-6,9H2,1H3. The molecule has 0 radical (unpaired) electrons. The topological polar surface area (TPSA) is 12.0 Å². The third kappa shape index (κ3) is 1.92. The Morgan fingerprint density at radius 3 is 2.69 bits per heavy atom. The fourth-order valence-electron chi connectivity index (χ4n) is 2.16. The van der Waals surface area contributed by atoms with Gasteiger partial charge in [0.25, 0.3) is 0 Å². The molecular weight excluding hydrogens is 158 g/mol. The van der Waals surface area contributed by atoms with Crippen molar-refractivity contribution < 1.29 is 0 Å². The van der Waals surface area contributed by atoms with Crippen molar-refractivity contribution in [1.82, 2.24) is 5.32 Å². The summed E-state index contributed by atoms with van der Waals surface area (Å²) < 4.78 is 0. The summed E-state index contributed by atoms with van der Waals surface area (Å²) in [5.74, 6) is 0.774. The molecule has 0 aromatic heterocycles. The first-order valence-corrected chi connectivity index (χ1v) is 5.16. The molecule has 1 fully saturated rings. The minimum Gasteiger partial charge on any atom is -0.310 e. The average molecular weight is 175 g/mol. The fourth-order valence-corrected chi connectivity index (χ4v) is 2.16. The van der Waals surface area contributed by atoms with Gasteiger partial charge >= 0.3 is 0 Å². The molecule has 1 saturated heterocycles. The Bertz CT molecular complexity index is 255. The van der Waals surface area contributed by atoms with Crippen LogP contribution in [-0.2, 0) is 0 Å². The van der Waals surface area contributed by atoms with Gasteiger partial charge in [0.15, 0.2) is 0 Å². The second-order valence-corrected chi connectivity index (χ2v) is 3.96. The van der Waals surface area contributed by atoms with E-state index in [4.69, 9.17) is 0 Å². The van der Waals surface area contributed by atoms with E-state index >= 15 is 0 Å². The highest BCUT2D eigenvalue weighted by Crippen LogP contribution is 2.28. The van der Waals surface area contributed by atoms with E-state index in [1.54, 1.807) is 0 Å². The van der Waals surface area contributed by atoms with Crippen LogP contribution in [0.5, 0.6) is 0 Å². The lowest BCUT2D eigenvalue weighted by Crippen LogP contribution is -2.32. The highest BCUT2D eigenvalue weighted by Gasteiger charge is 2.21. The molecule has 2 rings (SSSR count). The van der Waals surface area contributed by atoms with Crippen molar-refractivity contribution in [2.75, 3.05) is 6.54 Å². The molecule has 1 heterocycles. The lowest BCUT2D eigenvalue weighted by Gasteiger charge is -2.30. The lowest BCUT2D eigenvalue weighted by molar-refractivity contribution is 0.306. The zero-order chi connectivity index (χ0) is 9.10. The smallest absolute Gasteiger partial charge is 0.0346 e. The predicted octanol–water partition coefficient (Wildman–Crippen LogP) is 2.75. The first-order valence-electron chi connectivity index (χ1n) is 5.16. The van der Waals surface area contributed by atoms with Crippen molar-refractivity contribution in [2.24, 2.45) is 5.92 Å². The summed E-state index contributed by atoms with van der Waals surface area (Å²) in [5, 5.41) is 3.59. The molecule has 1 aliphatic heterocycles. The van der Waals surface area contributed by atoms with Gasteiger partial charge in [-0.3, -0.25) is 0 Å². The molecule has 1 heteroatoms. The van der Waals surface area contributed by atoms with Crippen LogP contribution < -0.4 is 5.32 Å². The molecule has 1 nitrogen and oxygen atoms in total. The van der Waals surface area contributed by atoms with Gasteiger partial charge < -0.3 is 5.32 Å². The zero-order valence-electron chi connectivity index (χ0n) is 8.16. The number of hydrogen-bond donors (Lipinski definition) is 1. The average Bonchev–Trinajstić information content (AvgIpc) is 2.20. The molecule has 0 spiro atoms. The second kappa shape index (κ2) is 3.93. The van der Waals surface area contributed by atoms with Gasteiger partial charge in [-0.25, -0.2) is 0 Å². The van der Waals surface area contributed by atoms with E-state index < -0.39 is 0 Å². The maximum Gasteiger partial charge on any atom is 0.0346 e. The van der Waals surface area contributed by atoms with Gasteiger partial charge in [0.2, 0.25) is 0 Å². The van der Waals surface area contributed by atoms with E-state index in [0.717, 1.165) is 5.92 Å². The SMILES string of the molecule is CC1CCCNC1c1ccccc1. The van der Waals surface area contributed by atoms with Crippen molar-refractivity contribution in [2.45, 2.75) is 25.8 Å². The van der Waals surface area contributed by atoms with Crippen LogP contribution in [0.25, 0.3) is 0 Å². The molecule has 2 unspecified atom stereocenters. The highest BCUT2D eigenvalue weighted by molar-refractivity contribution is 5.19. The highest BCUT2D eigenvalue weighted by atomic mass is 14.9. The minimum absolute atomic E-state index is 0.579. The summed E-state index contributed by atoms with van der Waals surface area (Å²) in [6, 6.07) is 11.3. The van der Waals surface area contributed by atoms with E-state index in [2.05, 4.69) is 42.6 Å². The van der Waals surface area contributed by atoms with Gasteiger partial charge in [-0.2, -0.15) is 0 Å². The summed E-state index contributed by atoms with van der Waals surface area (Å²) >= 11 is 0. The van der Waals surface area contributed by atoms with Gasteiger partial charge in [-0.05, 0) is 30.9 Å². The third-order valence-corrected chi connectivity index (χ3v) is 2.93. The van der Waals surface area contributed by atoms with Gasteiger partial charge in [0, 0.05) is 6.04 Å². The number of piperidine rings is 1. The van der Waals surface area contributed by atoms with E-state index in [1.165, 1.54) is 24.9 Å². The quantitative estimate of drug-likeness (QED) is 0.692. The summed E-state index contributed by atoms with van der Waals surface area (Å²) in [4.78, 5) is 0. The number of hydrogen-bond acceptors (Lipinski definition) is 1.